The van der Waals surface area contributed by atoms with Crippen LogP contribution in [-0.2, 0) is 11.3 Å². The number of methoxy groups -OCH3 is 1. The summed E-state index contributed by atoms with van der Waals surface area (Å²) in [5.74, 6) is 0.0635. The Morgan fingerprint density at radius 2 is 2.16 bits per heavy atom. The van der Waals surface area contributed by atoms with Gasteiger partial charge in [-0.1, -0.05) is 0 Å². The maximum atomic E-state index is 11.8. The van der Waals surface area contributed by atoms with Crippen LogP contribution in [-0.4, -0.2) is 48.1 Å². The number of aromatic nitrogens is 2. The highest BCUT2D eigenvalue weighted by Crippen LogP contribution is 2.16. The maximum absolute atomic E-state index is 11.8. The van der Waals surface area contributed by atoms with Gasteiger partial charge in [0.05, 0.1) is 19.8 Å². The van der Waals surface area contributed by atoms with E-state index in [-0.39, 0.29) is 30.7 Å². The number of nitrogens with zero attached hydrogens (tertiary/aromatic N) is 2. The predicted octanol–water partition coefficient (Wildman–Crippen LogP) is -1.42. The molecule has 0 aliphatic rings. The number of nitrogens with one attached hydrogen (secondary N) is 1. The van der Waals surface area contributed by atoms with Crippen molar-refractivity contribution in [1.82, 2.24) is 9.55 Å². The Morgan fingerprint density at radius 3 is 2.68 bits per heavy atom. The molecule has 0 saturated heterocycles. The van der Waals surface area contributed by atoms with Crippen LogP contribution in [0.25, 0.3) is 0 Å². The first kappa shape index (κ1) is 15.3. The Kier molecular flexibility index (Phi) is 5.13. The minimum atomic E-state index is -0.576. The van der Waals surface area contributed by atoms with E-state index in [4.69, 9.17) is 15.6 Å². The smallest absolute Gasteiger partial charge is 0.330 e. The Labute approximate surface area is 110 Å². The summed E-state index contributed by atoms with van der Waals surface area (Å²) in [7, 11) is 3.14. The van der Waals surface area contributed by atoms with Crippen molar-refractivity contribution in [3.63, 3.8) is 0 Å². The van der Waals surface area contributed by atoms with Gasteiger partial charge in [0, 0.05) is 20.2 Å². The molecular formula is C11H20N4O4. The molecule has 19 heavy (non-hydrogen) atoms. The molecule has 0 aliphatic carbocycles. The van der Waals surface area contributed by atoms with E-state index in [9.17, 15) is 9.59 Å². The van der Waals surface area contributed by atoms with Crippen LogP contribution in [0.1, 0.15) is 6.92 Å². The van der Waals surface area contributed by atoms with Gasteiger partial charge in [-0.15, -0.1) is 0 Å². The van der Waals surface area contributed by atoms with Crippen LogP contribution >= 0.6 is 0 Å². The van der Waals surface area contributed by atoms with Crippen LogP contribution in [0.4, 0.5) is 11.5 Å². The number of aliphatic hydroxyl groups is 1. The lowest BCUT2D eigenvalue weighted by Crippen LogP contribution is -2.41. The third-order valence-electron chi connectivity index (χ3n) is 3.01. The van der Waals surface area contributed by atoms with E-state index in [0.717, 1.165) is 0 Å². The molecule has 0 amide bonds. The van der Waals surface area contributed by atoms with Gasteiger partial charge in [-0.05, 0) is 6.92 Å². The third kappa shape index (κ3) is 3.15. The summed E-state index contributed by atoms with van der Waals surface area (Å²) in [5, 5.41) is 9.13. The maximum Gasteiger partial charge on any atom is 0.330 e. The number of likely N-dealkylation sites (N-methyl/N-ethyl adjacent to an activating group) is 1. The lowest BCUT2D eigenvalue weighted by molar-refractivity contribution is 0.186. The number of ether oxygens (including phenoxy) is 1. The molecule has 0 aliphatic heterocycles. The summed E-state index contributed by atoms with van der Waals surface area (Å²) in [5.41, 5.74) is 4.90. The Morgan fingerprint density at radius 1 is 1.53 bits per heavy atom. The number of hydrogen-bond acceptors (Lipinski definition) is 6. The molecule has 0 fully saturated rings. The fourth-order valence-electron chi connectivity index (χ4n) is 1.67. The fourth-order valence-corrected chi connectivity index (χ4v) is 1.67. The van der Waals surface area contributed by atoms with Gasteiger partial charge in [0.15, 0.2) is 0 Å². The summed E-state index contributed by atoms with van der Waals surface area (Å²) in [6, 6.07) is -0.295. The quantitative estimate of drug-likeness (QED) is 0.586. The van der Waals surface area contributed by atoms with E-state index in [0.29, 0.717) is 6.61 Å². The molecule has 1 rings (SSSR count). The van der Waals surface area contributed by atoms with Crippen molar-refractivity contribution in [2.75, 3.05) is 38.0 Å². The van der Waals surface area contributed by atoms with E-state index in [1.165, 1.54) is 16.6 Å². The summed E-state index contributed by atoms with van der Waals surface area (Å²) < 4.78 is 6.13. The van der Waals surface area contributed by atoms with Crippen molar-refractivity contribution >= 4 is 11.5 Å². The molecule has 1 heterocycles. The Bertz CT molecular complexity index is 536. The van der Waals surface area contributed by atoms with Crippen LogP contribution in [0, 0.1) is 0 Å². The average molecular weight is 272 g/mol. The van der Waals surface area contributed by atoms with E-state index in [1.54, 1.807) is 14.0 Å². The molecule has 8 nitrogen and oxygen atoms in total. The van der Waals surface area contributed by atoms with Crippen molar-refractivity contribution in [1.29, 1.82) is 0 Å². The van der Waals surface area contributed by atoms with Crippen LogP contribution < -0.4 is 21.9 Å². The van der Waals surface area contributed by atoms with E-state index in [2.05, 4.69) is 4.98 Å². The second kappa shape index (κ2) is 6.39. The van der Waals surface area contributed by atoms with Crippen LogP contribution in [0.2, 0.25) is 0 Å². The number of rotatable bonds is 6. The monoisotopic (exact) mass is 272 g/mol. The highest BCUT2D eigenvalue weighted by molar-refractivity contribution is 5.62. The minimum absolute atomic E-state index is 0.0635. The standard InChI is InChI=1S/C11H20N4O4/c1-7(6-16)14(2)8-9(12)15(4-5-19-3)11(18)13-10(8)17/h7,16H,4-6,12H2,1-3H3,(H,13,17,18). The molecule has 0 spiro atoms. The molecule has 1 unspecified atom stereocenters. The second-order valence-corrected chi connectivity index (χ2v) is 4.28. The molecule has 108 valence electrons. The lowest BCUT2D eigenvalue weighted by Gasteiger charge is -2.26. The number of aromatic amines is 1. The number of hydrogen-bond donors (Lipinski definition) is 3. The van der Waals surface area contributed by atoms with Gasteiger partial charge in [0.2, 0.25) is 0 Å². The largest absolute Gasteiger partial charge is 0.394 e. The fraction of sp³-hybridized carbons (Fsp3) is 0.636. The lowest BCUT2D eigenvalue weighted by atomic mass is 10.3. The van der Waals surface area contributed by atoms with Gasteiger partial charge < -0.3 is 20.5 Å². The molecule has 1 aromatic rings. The van der Waals surface area contributed by atoms with E-state index in [1.807, 2.05) is 0 Å². The number of H-pyrrole nitrogens is 1. The summed E-state index contributed by atoms with van der Waals surface area (Å²) in [6.45, 7) is 2.15. The average Bonchev–Trinajstić information content (AvgIpc) is 2.37. The second-order valence-electron chi connectivity index (χ2n) is 4.28. The predicted molar refractivity (Wildman–Crippen MR) is 72.6 cm³/mol. The van der Waals surface area contributed by atoms with Gasteiger partial charge in [-0.3, -0.25) is 14.3 Å². The zero-order valence-electron chi connectivity index (χ0n) is 11.3. The molecule has 0 bridgehead atoms. The van der Waals surface area contributed by atoms with Gasteiger partial charge in [0.1, 0.15) is 11.5 Å². The van der Waals surface area contributed by atoms with Crippen molar-refractivity contribution in [2.24, 2.45) is 0 Å². The van der Waals surface area contributed by atoms with Gasteiger partial charge >= 0.3 is 5.69 Å². The number of aliphatic hydroxyl groups excluding tert-OH is 1. The first-order valence-electron chi connectivity index (χ1n) is 5.89. The summed E-state index contributed by atoms with van der Waals surface area (Å²) in [6.07, 6.45) is 0. The first-order valence-corrected chi connectivity index (χ1v) is 5.89. The first-order chi connectivity index (χ1) is 8.93. The molecule has 1 atom stereocenters. The molecule has 0 saturated carbocycles. The van der Waals surface area contributed by atoms with Gasteiger partial charge in [-0.25, -0.2) is 4.79 Å². The number of nitrogens with two attached hydrogens (primary N) is 1. The van der Waals surface area contributed by atoms with Crippen molar-refractivity contribution < 1.29 is 9.84 Å². The van der Waals surface area contributed by atoms with Gasteiger partial charge in [-0.2, -0.15) is 0 Å². The molecule has 0 aromatic carbocycles. The SMILES string of the molecule is COCCn1c(N)c(N(C)C(C)CO)c(=O)[nH]c1=O. The minimum Gasteiger partial charge on any atom is -0.394 e. The van der Waals surface area contributed by atoms with Crippen LogP contribution in [0.5, 0.6) is 0 Å². The highest BCUT2D eigenvalue weighted by atomic mass is 16.5. The molecule has 0 radical (unpaired) electrons. The Balaban J connectivity index is 3.32. The number of anilines is 2. The van der Waals surface area contributed by atoms with Crippen LogP contribution in [0.15, 0.2) is 9.59 Å². The summed E-state index contributed by atoms with van der Waals surface area (Å²) >= 11 is 0. The van der Waals surface area contributed by atoms with E-state index >= 15 is 0 Å². The molecule has 1 aromatic heterocycles. The zero-order chi connectivity index (χ0) is 14.6. The molecular weight excluding hydrogens is 252 g/mol. The number of nitrogen functional groups attached to an aromatic ring is 1. The molecule has 8 heteroatoms. The molecule has 4 N–H and O–H groups in total. The Hall–Kier alpha value is -1.80. The van der Waals surface area contributed by atoms with E-state index < -0.39 is 11.2 Å². The van der Waals surface area contributed by atoms with Crippen LogP contribution in [0.3, 0.4) is 0 Å². The van der Waals surface area contributed by atoms with Gasteiger partial charge in [0.25, 0.3) is 5.56 Å². The highest BCUT2D eigenvalue weighted by Gasteiger charge is 2.19. The third-order valence-corrected chi connectivity index (χ3v) is 3.01. The normalized spacial score (nSPS) is 12.4. The topological polar surface area (TPSA) is 114 Å². The zero-order valence-corrected chi connectivity index (χ0v) is 11.3. The summed E-state index contributed by atoms with van der Waals surface area (Å²) in [4.78, 5) is 27.3. The van der Waals surface area contributed by atoms with Crippen molar-refractivity contribution in [2.45, 2.75) is 19.5 Å². The van der Waals surface area contributed by atoms with Crippen molar-refractivity contribution in [3.8, 4) is 0 Å². The van der Waals surface area contributed by atoms with Crippen molar-refractivity contribution in [3.05, 3.63) is 20.8 Å².